The molecule has 0 saturated carbocycles. The molecule has 0 N–H and O–H groups in total. The van der Waals surface area contributed by atoms with E-state index in [0.29, 0.717) is 4.83 Å². The number of aromatic nitrogens is 1. The maximum absolute atomic E-state index is 4.01. The molecule has 0 aliphatic rings. The standard InChI is InChI=1S/C12H18BrN/c1-2-4-12(13)6-3-5-11-7-9-14-10-8-11/h7-10,12H,2-6H2,1H3. The molecular weight excluding hydrogens is 238 g/mol. The number of rotatable bonds is 6. The quantitative estimate of drug-likeness (QED) is 0.702. The lowest BCUT2D eigenvalue weighted by Crippen LogP contribution is -1.98. The number of pyridine rings is 1. The van der Waals surface area contributed by atoms with Crippen molar-refractivity contribution in [2.24, 2.45) is 0 Å². The lowest BCUT2D eigenvalue weighted by Gasteiger charge is -2.07. The second kappa shape index (κ2) is 6.99. The fourth-order valence-corrected chi connectivity index (χ4v) is 2.32. The van der Waals surface area contributed by atoms with Gasteiger partial charge >= 0.3 is 0 Å². The Balaban J connectivity index is 2.16. The molecule has 1 aromatic rings. The highest BCUT2D eigenvalue weighted by molar-refractivity contribution is 9.09. The smallest absolute Gasteiger partial charge is 0.0270 e. The van der Waals surface area contributed by atoms with Gasteiger partial charge in [-0.25, -0.2) is 0 Å². The third-order valence-corrected chi connectivity index (χ3v) is 3.25. The van der Waals surface area contributed by atoms with Gasteiger partial charge in [0.2, 0.25) is 0 Å². The van der Waals surface area contributed by atoms with Crippen molar-refractivity contribution in [1.29, 1.82) is 0 Å². The van der Waals surface area contributed by atoms with Crippen LogP contribution in [0.2, 0.25) is 0 Å². The van der Waals surface area contributed by atoms with E-state index >= 15 is 0 Å². The Morgan fingerprint density at radius 2 is 2.00 bits per heavy atom. The first-order valence-corrected chi connectivity index (χ1v) is 6.27. The average molecular weight is 256 g/mol. The van der Waals surface area contributed by atoms with Gasteiger partial charge in [0.1, 0.15) is 0 Å². The van der Waals surface area contributed by atoms with Gasteiger partial charge in [0.25, 0.3) is 0 Å². The van der Waals surface area contributed by atoms with Crippen LogP contribution in [0.3, 0.4) is 0 Å². The molecule has 0 fully saturated rings. The van der Waals surface area contributed by atoms with Crippen molar-refractivity contribution in [3.8, 4) is 0 Å². The highest BCUT2D eigenvalue weighted by Crippen LogP contribution is 2.15. The molecule has 1 rings (SSSR count). The van der Waals surface area contributed by atoms with E-state index in [-0.39, 0.29) is 0 Å². The fraction of sp³-hybridized carbons (Fsp3) is 0.583. The summed E-state index contributed by atoms with van der Waals surface area (Å²) in [6.07, 6.45) is 10.0. The summed E-state index contributed by atoms with van der Waals surface area (Å²) >= 11 is 3.70. The molecule has 0 spiro atoms. The first-order valence-electron chi connectivity index (χ1n) is 5.36. The summed E-state index contributed by atoms with van der Waals surface area (Å²) in [6, 6.07) is 4.20. The first-order chi connectivity index (χ1) is 6.83. The predicted octanol–water partition coefficient (Wildman–Crippen LogP) is 3.97. The Bertz CT molecular complexity index is 235. The third kappa shape index (κ3) is 4.75. The van der Waals surface area contributed by atoms with Gasteiger partial charge in [0.05, 0.1) is 0 Å². The highest BCUT2D eigenvalue weighted by atomic mass is 79.9. The second-order valence-corrected chi connectivity index (χ2v) is 4.93. The van der Waals surface area contributed by atoms with Gasteiger partial charge in [0.15, 0.2) is 0 Å². The van der Waals surface area contributed by atoms with Crippen molar-refractivity contribution in [2.75, 3.05) is 0 Å². The predicted molar refractivity (Wildman–Crippen MR) is 64.8 cm³/mol. The lowest BCUT2D eigenvalue weighted by atomic mass is 10.1. The van der Waals surface area contributed by atoms with Crippen LogP contribution in [-0.2, 0) is 6.42 Å². The van der Waals surface area contributed by atoms with Crippen molar-refractivity contribution >= 4 is 15.9 Å². The maximum atomic E-state index is 4.01. The topological polar surface area (TPSA) is 12.9 Å². The lowest BCUT2D eigenvalue weighted by molar-refractivity contribution is 0.655. The largest absolute Gasteiger partial charge is 0.265 e. The van der Waals surface area contributed by atoms with E-state index in [1.54, 1.807) is 0 Å². The van der Waals surface area contributed by atoms with Gasteiger partial charge in [-0.1, -0.05) is 29.3 Å². The number of halogens is 1. The van der Waals surface area contributed by atoms with E-state index < -0.39 is 0 Å². The Morgan fingerprint density at radius 1 is 1.29 bits per heavy atom. The highest BCUT2D eigenvalue weighted by Gasteiger charge is 2.02. The van der Waals surface area contributed by atoms with Gasteiger partial charge in [-0.3, -0.25) is 4.98 Å². The zero-order valence-electron chi connectivity index (χ0n) is 8.75. The van der Waals surface area contributed by atoms with Gasteiger partial charge < -0.3 is 0 Å². The van der Waals surface area contributed by atoms with Crippen molar-refractivity contribution < 1.29 is 0 Å². The van der Waals surface area contributed by atoms with E-state index in [0.717, 1.165) is 0 Å². The van der Waals surface area contributed by atoms with Gasteiger partial charge in [-0.05, 0) is 43.4 Å². The first kappa shape index (κ1) is 11.7. The molecule has 2 heteroatoms. The van der Waals surface area contributed by atoms with E-state index in [2.05, 4.69) is 40.0 Å². The van der Waals surface area contributed by atoms with Crippen LogP contribution >= 0.6 is 15.9 Å². The molecule has 0 aliphatic carbocycles. The number of aryl methyl sites for hydroxylation is 1. The van der Waals surface area contributed by atoms with Crippen molar-refractivity contribution in [3.63, 3.8) is 0 Å². The summed E-state index contributed by atoms with van der Waals surface area (Å²) in [5, 5.41) is 0. The number of alkyl halides is 1. The fourth-order valence-electron chi connectivity index (χ4n) is 1.53. The van der Waals surface area contributed by atoms with Crippen LogP contribution in [0.25, 0.3) is 0 Å². The normalized spacial score (nSPS) is 12.7. The van der Waals surface area contributed by atoms with Crippen LogP contribution in [-0.4, -0.2) is 9.81 Å². The minimum Gasteiger partial charge on any atom is -0.265 e. The summed E-state index contributed by atoms with van der Waals surface area (Å²) in [7, 11) is 0. The molecule has 0 saturated heterocycles. The van der Waals surface area contributed by atoms with Crippen molar-refractivity contribution in [1.82, 2.24) is 4.98 Å². The summed E-state index contributed by atoms with van der Waals surface area (Å²) in [5.74, 6) is 0. The third-order valence-electron chi connectivity index (χ3n) is 2.33. The number of hydrogen-bond acceptors (Lipinski definition) is 1. The van der Waals surface area contributed by atoms with E-state index in [1.807, 2.05) is 12.4 Å². The molecule has 0 amide bonds. The molecular formula is C12H18BrN. The molecule has 1 heterocycles. The summed E-state index contributed by atoms with van der Waals surface area (Å²) in [5.41, 5.74) is 1.40. The Kier molecular flexibility index (Phi) is 5.85. The van der Waals surface area contributed by atoms with Crippen LogP contribution in [0, 0.1) is 0 Å². The molecule has 0 aromatic carbocycles. The molecule has 1 unspecified atom stereocenters. The van der Waals surface area contributed by atoms with Gasteiger partial charge in [-0.15, -0.1) is 0 Å². The Hall–Kier alpha value is -0.370. The van der Waals surface area contributed by atoms with Crippen LogP contribution in [0.5, 0.6) is 0 Å². The molecule has 0 aliphatic heterocycles. The SMILES string of the molecule is CCCC(Br)CCCc1ccncc1. The molecule has 0 radical (unpaired) electrons. The number of hydrogen-bond donors (Lipinski definition) is 0. The van der Waals surface area contributed by atoms with Crippen LogP contribution in [0.15, 0.2) is 24.5 Å². The number of nitrogens with zero attached hydrogens (tertiary/aromatic N) is 1. The van der Waals surface area contributed by atoms with Gasteiger partial charge in [-0.2, -0.15) is 0 Å². The Morgan fingerprint density at radius 3 is 2.64 bits per heavy atom. The molecule has 14 heavy (non-hydrogen) atoms. The zero-order chi connectivity index (χ0) is 10.2. The second-order valence-electron chi connectivity index (χ2n) is 3.63. The van der Waals surface area contributed by atoms with E-state index in [4.69, 9.17) is 0 Å². The summed E-state index contributed by atoms with van der Waals surface area (Å²) in [6.45, 7) is 2.23. The summed E-state index contributed by atoms with van der Waals surface area (Å²) < 4.78 is 0. The molecule has 1 atom stereocenters. The minimum atomic E-state index is 0.703. The van der Waals surface area contributed by atoms with Crippen LogP contribution in [0.4, 0.5) is 0 Å². The minimum absolute atomic E-state index is 0.703. The van der Waals surface area contributed by atoms with Crippen LogP contribution < -0.4 is 0 Å². The maximum Gasteiger partial charge on any atom is 0.0270 e. The summed E-state index contributed by atoms with van der Waals surface area (Å²) in [4.78, 5) is 4.71. The van der Waals surface area contributed by atoms with Gasteiger partial charge in [0, 0.05) is 17.2 Å². The van der Waals surface area contributed by atoms with E-state index in [1.165, 1.54) is 37.7 Å². The average Bonchev–Trinajstić information content (AvgIpc) is 2.20. The monoisotopic (exact) mass is 255 g/mol. The van der Waals surface area contributed by atoms with E-state index in [9.17, 15) is 0 Å². The Labute approximate surface area is 95.1 Å². The van der Waals surface area contributed by atoms with Crippen molar-refractivity contribution in [2.45, 2.75) is 43.9 Å². The molecule has 78 valence electrons. The molecule has 1 aromatic heterocycles. The zero-order valence-corrected chi connectivity index (χ0v) is 10.3. The molecule has 1 nitrogen and oxygen atoms in total. The van der Waals surface area contributed by atoms with Crippen molar-refractivity contribution in [3.05, 3.63) is 30.1 Å². The molecule has 0 bridgehead atoms. The van der Waals surface area contributed by atoms with Crippen LogP contribution in [0.1, 0.15) is 38.2 Å².